The summed E-state index contributed by atoms with van der Waals surface area (Å²) in [6.45, 7) is 0.307. The Morgan fingerprint density at radius 3 is 2.71 bits per heavy atom. The first-order valence-electron chi connectivity index (χ1n) is 4.15. The minimum atomic E-state index is -4.08. The molecule has 0 fully saturated rings. The summed E-state index contributed by atoms with van der Waals surface area (Å²) in [4.78, 5) is 3.90. The maximum Gasteiger partial charge on any atom is 0.389 e. The second kappa shape index (κ2) is 4.68. The lowest BCUT2D eigenvalue weighted by Crippen LogP contribution is -2.10. The van der Waals surface area contributed by atoms with Crippen molar-refractivity contribution in [1.82, 2.24) is 9.55 Å². The molecule has 0 bridgehead atoms. The molecule has 14 heavy (non-hydrogen) atoms. The van der Waals surface area contributed by atoms with Crippen molar-refractivity contribution in [2.45, 2.75) is 31.4 Å². The first kappa shape index (κ1) is 11.4. The summed E-state index contributed by atoms with van der Waals surface area (Å²) in [6.07, 6.45) is -1.63. The highest BCUT2D eigenvalue weighted by atomic mass is 35.5. The number of alkyl halides is 4. The van der Waals surface area contributed by atoms with Gasteiger partial charge in [0.25, 0.3) is 0 Å². The van der Waals surface area contributed by atoms with Gasteiger partial charge in [-0.3, -0.25) is 0 Å². The molecule has 0 aliphatic rings. The highest BCUT2D eigenvalue weighted by Gasteiger charge is 2.26. The Balaban J connectivity index is 2.38. The van der Waals surface area contributed by atoms with E-state index in [0.717, 1.165) is 0 Å². The van der Waals surface area contributed by atoms with Gasteiger partial charge in [0, 0.05) is 25.4 Å². The van der Waals surface area contributed by atoms with Crippen LogP contribution in [0.25, 0.3) is 0 Å². The van der Waals surface area contributed by atoms with Crippen LogP contribution in [0.3, 0.4) is 0 Å². The van der Waals surface area contributed by atoms with E-state index in [4.69, 9.17) is 11.6 Å². The summed E-state index contributed by atoms with van der Waals surface area (Å²) < 4.78 is 37.1. The molecule has 0 aromatic carbocycles. The lowest BCUT2D eigenvalue weighted by molar-refractivity contribution is -0.135. The fourth-order valence-electron chi connectivity index (χ4n) is 1.12. The van der Waals surface area contributed by atoms with E-state index < -0.39 is 12.6 Å². The third kappa shape index (κ3) is 3.57. The molecule has 0 amide bonds. The number of aryl methyl sites for hydroxylation is 1. The Morgan fingerprint density at radius 1 is 1.43 bits per heavy atom. The lowest BCUT2D eigenvalue weighted by atomic mass is 10.3. The number of nitrogens with zero attached hydrogens (tertiary/aromatic N) is 2. The van der Waals surface area contributed by atoms with E-state index >= 15 is 0 Å². The fraction of sp³-hybridized carbons (Fsp3) is 0.625. The summed E-state index contributed by atoms with van der Waals surface area (Å²) in [6, 6.07) is 0. The van der Waals surface area contributed by atoms with E-state index in [1.807, 2.05) is 0 Å². The van der Waals surface area contributed by atoms with Crippen LogP contribution in [-0.4, -0.2) is 15.7 Å². The van der Waals surface area contributed by atoms with Crippen LogP contribution >= 0.6 is 11.6 Å². The van der Waals surface area contributed by atoms with Crippen LogP contribution in [0.15, 0.2) is 12.4 Å². The van der Waals surface area contributed by atoms with Crippen molar-refractivity contribution >= 4 is 11.6 Å². The van der Waals surface area contributed by atoms with Crippen LogP contribution in [0, 0.1) is 0 Å². The molecule has 0 saturated heterocycles. The summed E-state index contributed by atoms with van der Waals surface area (Å²) in [5.41, 5.74) is 0. The zero-order valence-electron chi connectivity index (χ0n) is 7.39. The Hall–Kier alpha value is -0.710. The largest absolute Gasteiger partial charge is 0.389 e. The van der Waals surface area contributed by atoms with Crippen LogP contribution in [-0.2, 0) is 12.4 Å². The van der Waals surface area contributed by atoms with Crippen molar-refractivity contribution in [3.8, 4) is 0 Å². The summed E-state index contributed by atoms with van der Waals surface area (Å²) in [5.74, 6) is 0.827. The number of rotatable bonds is 4. The number of aromatic nitrogens is 2. The smallest absolute Gasteiger partial charge is 0.334 e. The Kier molecular flexibility index (Phi) is 3.80. The number of halogens is 4. The third-order valence-electron chi connectivity index (χ3n) is 1.78. The van der Waals surface area contributed by atoms with Crippen molar-refractivity contribution in [3.63, 3.8) is 0 Å². The Bertz CT molecular complexity index is 282. The Labute approximate surface area is 84.7 Å². The molecule has 1 rings (SSSR count). The van der Waals surface area contributed by atoms with Gasteiger partial charge < -0.3 is 4.57 Å². The molecule has 2 nitrogen and oxygen atoms in total. The Morgan fingerprint density at radius 2 is 2.14 bits per heavy atom. The normalized spacial score (nSPS) is 12.0. The molecule has 1 aromatic rings. The monoisotopic (exact) mass is 226 g/mol. The molecule has 6 heteroatoms. The maximum atomic E-state index is 11.8. The molecule has 0 N–H and O–H groups in total. The molecule has 80 valence electrons. The molecular formula is C8H10ClF3N2. The van der Waals surface area contributed by atoms with Gasteiger partial charge in [0.05, 0.1) is 5.88 Å². The number of hydrogen-bond acceptors (Lipinski definition) is 1. The minimum absolute atomic E-state index is 0.0593. The van der Waals surface area contributed by atoms with Crippen LogP contribution in [0.5, 0.6) is 0 Å². The summed E-state index contributed by atoms with van der Waals surface area (Å²) in [7, 11) is 0. The second-order valence-electron chi connectivity index (χ2n) is 2.89. The predicted molar refractivity (Wildman–Crippen MR) is 47.1 cm³/mol. The highest BCUT2D eigenvalue weighted by molar-refractivity contribution is 6.16. The van der Waals surface area contributed by atoms with Gasteiger partial charge in [-0.1, -0.05) is 0 Å². The second-order valence-corrected chi connectivity index (χ2v) is 3.16. The van der Waals surface area contributed by atoms with E-state index in [-0.39, 0.29) is 12.3 Å². The fourth-order valence-corrected chi connectivity index (χ4v) is 1.35. The van der Waals surface area contributed by atoms with Crippen molar-refractivity contribution in [2.24, 2.45) is 0 Å². The average Bonchev–Trinajstić information content (AvgIpc) is 2.49. The van der Waals surface area contributed by atoms with E-state index in [2.05, 4.69) is 4.98 Å². The molecule has 0 unspecified atom stereocenters. The predicted octanol–water partition coefficient (Wildman–Crippen LogP) is 2.96. The average molecular weight is 227 g/mol. The van der Waals surface area contributed by atoms with E-state index in [9.17, 15) is 13.2 Å². The van der Waals surface area contributed by atoms with Crippen LogP contribution in [0.1, 0.15) is 18.7 Å². The SMILES string of the molecule is FC(F)(F)CCCn1ccnc1CCl. The quantitative estimate of drug-likeness (QED) is 0.722. The zero-order chi connectivity index (χ0) is 10.6. The van der Waals surface area contributed by atoms with Gasteiger partial charge in [0.2, 0.25) is 0 Å². The van der Waals surface area contributed by atoms with Gasteiger partial charge in [-0.2, -0.15) is 13.2 Å². The lowest BCUT2D eigenvalue weighted by Gasteiger charge is -2.07. The maximum absolute atomic E-state index is 11.8. The van der Waals surface area contributed by atoms with Gasteiger partial charge in [-0.25, -0.2) is 4.98 Å². The standard InChI is InChI=1S/C8H10ClF3N2/c9-6-7-13-3-5-14(7)4-1-2-8(10,11)12/h3,5H,1-2,4,6H2. The van der Waals surface area contributed by atoms with Crippen molar-refractivity contribution in [3.05, 3.63) is 18.2 Å². The molecule has 0 spiro atoms. The van der Waals surface area contributed by atoms with Crippen molar-refractivity contribution in [2.75, 3.05) is 0 Å². The minimum Gasteiger partial charge on any atom is -0.334 e. The van der Waals surface area contributed by atoms with Gasteiger partial charge in [-0.05, 0) is 6.42 Å². The van der Waals surface area contributed by atoms with E-state index in [1.54, 1.807) is 10.8 Å². The third-order valence-corrected chi connectivity index (χ3v) is 2.02. The molecule has 1 heterocycles. The van der Waals surface area contributed by atoms with Gasteiger partial charge in [0.1, 0.15) is 5.82 Å². The topological polar surface area (TPSA) is 17.8 Å². The highest BCUT2D eigenvalue weighted by Crippen LogP contribution is 2.21. The van der Waals surface area contributed by atoms with Crippen LogP contribution in [0.2, 0.25) is 0 Å². The van der Waals surface area contributed by atoms with Crippen LogP contribution in [0.4, 0.5) is 13.2 Å². The van der Waals surface area contributed by atoms with Gasteiger partial charge >= 0.3 is 6.18 Å². The molecular weight excluding hydrogens is 217 g/mol. The van der Waals surface area contributed by atoms with Crippen LogP contribution < -0.4 is 0 Å². The molecule has 0 atom stereocenters. The molecule has 0 radical (unpaired) electrons. The van der Waals surface area contributed by atoms with Crippen molar-refractivity contribution < 1.29 is 13.2 Å². The number of imidazole rings is 1. The van der Waals surface area contributed by atoms with Gasteiger partial charge in [0.15, 0.2) is 0 Å². The molecule has 0 saturated carbocycles. The summed E-state index contributed by atoms with van der Waals surface area (Å²) in [5, 5.41) is 0. The first-order valence-corrected chi connectivity index (χ1v) is 4.69. The van der Waals surface area contributed by atoms with Gasteiger partial charge in [-0.15, -0.1) is 11.6 Å². The zero-order valence-corrected chi connectivity index (χ0v) is 8.15. The van der Waals surface area contributed by atoms with Crippen molar-refractivity contribution in [1.29, 1.82) is 0 Å². The first-order chi connectivity index (χ1) is 6.53. The summed E-state index contributed by atoms with van der Waals surface area (Å²) >= 11 is 5.54. The molecule has 0 aliphatic heterocycles. The molecule has 0 aliphatic carbocycles. The molecule has 1 aromatic heterocycles. The van der Waals surface area contributed by atoms with E-state index in [0.29, 0.717) is 12.4 Å². The van der Waals surface area contributed by atoms with E-state index in [1.165, 1.54) is 6.20 Å². The number of hydrogen-bond donors (Lipinski definition) is 0.